The van der Waals surface area contributed by atoms with E-state index in [1.54, 1.807) is 6.92 Å². The Hall–Kier alpha value is -1.39. The fourth-order valence-electron chi connectivity index (χ4n) is 1.47. The van der Waals surface area contributed by atoms with Crippen molar-refractivity contribution in [3.63, 3.8) is 0 Å². The summed E-state index contributed by atoms with van der Waals surface area (Å²) < 4.78 is 0. The molecule has 94 valence electrons. The highest BCUT2D eigenvalue weighted by atomic mass is 16.3. The number of hydrogen-bond acceptors (Lipinski definition) is 3. The summed E-state index contributed by atoms with van der Waals surface area (Å²) in [6.07, 6.45) is 0. The highest BCUT2D eigenvalue weighted by molar-refractivity contribution is 5.94. The molecule has 1 aromatic rings. The summed E-state index contributed by atoms with van der Waals surface area (Å²) in [5.41, 5.74) is 0.306. The van der Waals surface area contributed by atoms with Crippen LogP contribution in [0.25, 0.3) is 0 Å². The minimum absolute atomic E-state index is 0.0179. The molecule has 0 bridgehead atoms. The summed E-state index contributed by atoms with van der Waals surface area (Å²) in [5, 5.41) is 15.0. The summed E-state index contributed by atoms with van der Waals surface area (Å²) in [4.78, 5) is 11.9. The number of anilines is 1. The SMILES string of the molecule is CC(NC(C)(C)CO)C(=O)Nc1ccccc1. The number of carbonyl (C=O) groups is 1. The highest BCUT2D eigenvalue weighted by Gasteiger charge is 2.22. The maximum atomic E-state index is 11.9. The Labute approximate surface area is 102 Å². The van der Waals surface area contributed by atoms with Crippen molar-refractivity contribution in [3.8, 4) is 0 Å². The van der Waals surface area contributed by atoms with Crippen LogP contribution in [0.1, 0.15) is 20.8 Å². The quantitative estimate of drug-likeness (QED) is 0.723. The van der Waals surface area contributed by atoms with Gasteiger partial charge in [-0.15, -0.1) is 0 Å². The van der Waals surface area contributed by atoms with Crippen LogP contribution >= 0.6 is 0 Å². The molecule has 3 N–H and O–H groups in total. The zero-order chi connectivity index (χ0) is 12.9. The third-order valence-corrected chi connectivity index (χ3v) is 2.44. The maximum Gasteiger partial charge on any atom is 0.241 e. The van der Waals surface area contributed by atoms with E-state index in [9.17, 15) is 4.79 Å². The molecule has 1 rings (SSSR count). The Morgan fingerprint density at radius 1 is 1.35 bits per heavy atom. The van der Waals surface area contributed by atoms with E-state index in [1.807, 2.05) is 44.2 Å². The minimum Gasteiger partial charge on any atom is -0.394 e. The lowest BCUT2D eigenvalue weighted by Crippen LogP contribution is -2.51. The Bertz CT molecular complexity index is 363. The van der Waals surface area contributed by atoms with E-state index < -0.39 is 5.54 Å². The van der Waals surface area contributed by atoms with E-state index in [0.717, 1.165) is 5.69 Å². The van der Waals surface area contributed by atoms with Crippen LogP contribution in [0.2, 0.25) is 0 Å². The zero-order valence-corrected chi connectivity index (χ0v) is 10.5. The summed E-state index contributed by atoms with van der Waals surface area (Å²) >= 11 is 0. The maximum absolute atomic E-state index is 11.9. The molecule has 17 heavy (non-hydrogen) atoms. The lowest BCUT2D eigenvalue weighted by Gasteiger charge is -2.27. The van der Waals surface area contributed by atoms with E-state index in [-0.39, 0.29) is 18.6 Å². The van der Waals surface area contributed by atoms with Gasteiger partial charge in [0.05, 0.1) is 12.6 Å². The molecule has 0 radical (unpaired) electrons. The molecule has 1 unspecified atom stereocenters. The molecular weight excluding hydrogens is 216 g/mol. The fraction of sp³-hybridized carbons (Fsp3) is 0.462. The Kier molecular flexibility index (Phi) is 4.66. The lowest BCUT2D eigenvalue weighted by atomic mass is 10.1. The average Bonchev–Trinajstić information content (AvgIpc) is 2.30. The normalized spacial score (nSPS) is 13.2. The third-order valence-electron chi connectivity index (χ3n) is 2.44. The number of rotatable bonds is 5. The molecule has 4 nitrogen and oxygen atoms in total. The first kappa shape index (κ1) is 13.7. The first-order valence-electron chi connectivity index (χ1n) is 5.69. The molecular formula is C13H20N2O2. The lowest BCUT2D eigenvalue weighted by molar-refractivity contribution is -0.118. The standard InChI is InChI=1S/C13H20N2O2/c1-10(15-13(2,3)9-16)12(17)14-11-7-5-4-6-8-11/h4-8,10,15-16H,9H2,1-3H3,(H,14,17). The summed E-state index contributed by atoms with van der Waals surface area (Å²) in [5.74, 6) is -0.113. The van der Waals surface area contributed by atoms with Gasteiger partial charge in [0.25, 0.3) is 0 Å². The van der Waals surface area contributed by atoms with Crippen molar-refractivity contribution in [2.45, 2.75) is 32.4 Å². The van der Waals surface area contributed by atoms with E-state index in [4.69, 9.17) is 5.11 Å². The first-order valence-corrected chi connectivity index (χ1v) is 5.69. The molecule has 0 saturated carbocycles. The van der Waals surface area contributed by atoms with Gasteiger partial charge in [-0.3, -0.25) is 10.1 Å². The van der Waals surface area contributed by atoms with Crippen molar-refractivity contribution in [2.75, 3.05) is 11.9 Å². The number of carbonyl (C=O) groups excluding carboxylic acids is 1. The van der Waals surface area contributed by atoms with Gasteiger partial charge in [-0.1, -0.05) is 18.2 Å². The molecule has 1 atom stereocenters. The second kappa shape index (κ2) is 5.80. The highest BCUT2D eigenvalue weighted by Crippen LogP contribution is 2.07. The average molecular weight is 236 g/mol. The van der Waals surface area contributed by atoms with E-state index in [2.05, 4.69) is 10.6 Å². The van der Waals surface area contributed by atoms with E-state index in [1.165, 1.54) is 0 Å². The number of aliphatic hydroxyl groups excluding tert-OH is 1. The monoisotopic (exact) mass is 236 g/mol. The molecule has 1 amide bonds. The zero-order valence-electron chi connectivity index (χ0n) is 10.5. The van der Waals surface area contributed by atoms with Crippen LogP contribution in [0.3, 0.4) is 0 Å². The second-order valence-corrected chi connectivity index (χ2v) is 4.76. The van der Waals surface area contributed by atoms with Gasteiger partial charge in [0.2, 0.25) is 5.91 Å². The number of hydrogen-bond donors (Lipinski definition) is 3. The number of para-hydroxylation sites is 1. The molecule has 0 aromatic heterocycles. The van der Waals surface area contributed by atoms with Crippen molar-refractivity contribution in [1.82, 2.24) is 5.32 Å². The van der Waals surface area contributed by atoms with Gasteiger partial charge in [0, 0.05) is 11.2 Å². The topological polar surface area (TPSA) is 61.4 Å². The summed E-state index contributed by atoms with van der Waals surface area (Å²) in [6, 6.07) is 8.93. The molecule has 4 heteroatoms. The van der Waals surface area contributed by atoms with E-state index >= 15 is 0 Å². The van der Waals surface area contributed by atoms with Crippen molar-refractivity contribution in [2.24, 2.45) is 0 Å². The predicted octanol–water partition coefficient (Wildman–Crippen LogP) is 1.37. The van der Waals surface area contributed by atoms with Gasteiger partial charge in [0.1, 0.15) is 0 Å². The van der Waals surface area contributed by atoms with Gasteiger partial charge >= 0.3 is 0 Å². The van der Waals surface area contributed by atoms with Crippen molar-refractivity contribution >= 4 is 11.6 Å². The van der Waals surface area contributed by atoms with Crippen LogP contribution < -0.4 is 10.6 Å². The van der Waals surface area contributed by atoms with Crippen LogP contribution in [-0.2, 0) is 4.79 Å². The van der Waals surface area contributed by atoms with Gasteiger partial charge in [-0.25, -0.2) is 0 Å². The van der Waals surface area contributed by atoms with Crippen LogP contribution in [0.15, 0.2) is 30.3 Å². The van der Waals surface area contributed by atoms with E-state index in [0.29, 0.717) is 0 Å². The number of nitrogens with one attached hydrogen (secondary N) is 2. The smallest absolute Gasteiger partial charge is 0.241 e. The fourth-order valence-corrected chi connectivity index (χ4v) is 1.47. The molecule has 1 aromatic carbocycles. The van der Waals surface area contributed by atoms with Crippen LogP contribution in [-0.4, -0.2) is 29.2 Å². The second-order valence-electron chi connectivity index (χ2n) is 4.76. The number of amides is 1. The Morgan fingerprint density at radius 2 is 1.94 bits per heavy atom. The summed E-state index contributed by atoms with van der Waals surface area (Å²) in [6.45, 7) is 5.45. The van der Waals surface area contributed by atoms with Crippen molar-refractivity contribution in [1.29, 1.82) is 0 Å². The third kappa shape index (κ3) is 4.54. The molecule has 0 aliphatic carbocycles. The van der Waals surface area contributed by atoms with Crippen LogP contribution in [0, 0.1) is 0 Å². The molecule has 0 aliphatic rings. The molecule has 0 aliphatic heterocycles. The van der Waals surface area contributed by atoms with Gasteiger partial charge in [-0.2, -0.15) is 0 Å². The largest absolute Gasteiger partial charge is 0.394 e. The predicted molar refractivity (Wildman–Crippen MR) is 68.8 cm³/mol. The van der Waals surface area contributed by atoms with Crippen LogP contribution in [0.5, 0.6) is 0 Å². The summed E-state index contributed by atoms with van der Waals surface area (Å²) in [7, 11) is 0. The van der Waals surface area contributed by atoms with Gasteiger partial charge in [0.15, 0.2) is 0 Å². The molecule has 0 heterocycles. The molecule has 0 fully saturated rings. The number of aliphatic hydroxyl groups is 1. The first-order chi connectivity index (χ1) is 7.94. The van der Waals surface area contributed by atoms with Crippen molar-refractivity contribution < 1.29 is 9.90 Å². The van der Waals surface area contributed by atoms with Gasteiger partial charge in [-0.05, 0) is 32.9 Å². The minimum atomic E-state index is -0.465. The van der Waals surface area contributed by atoms with Crippen LogP contribution in [0.4, 0.5) is 5.69 Å². The Balaban J connectivity index is 2.54. The van der Waals surface area contributed by atoms with Crippen molar-refractivity contribution in [3.05, 3.63) is 30.3 Å². The van der Waals surface area contributed by atoms with Gasteiger partial charge < -0.3 is 10.4 Å². The Morgan fingerprint density at radius 3 is 2.47 bits per heavy atom. The molecule has 0 saturated heterocycles. The number of benzene rings is 1. The molecule has 0 spiro atoms.